The van der Waals surface area contributed by atoms with Gasteiger partial charge in [0.05, 0.1) is 6.61 Å². The third-order valence-corrected chi connectivity index (χ3v) is 2.65. The van der Waals surface area contributed by atoms with E-state index in [1.807, 2.05) is 7.05 Å². The molecule has 0 heterocycles. The normalized spacial score (nSPS) is 10.8. The van der Waals surface area contributed by atoms with Gasteiger partial charge in [-0.1, -0.05) is 18.3 Å². The van der Waals surface area contributed by atoms with Gasteiger partial charge in [0.1, 0.15) is 10.8 Å². The average molecular weight is 256 g/mol. The van der Waals surface area contributed by atoms with Crippen LogP contribution in [0.15, 0.2) is 18.2 Å². The second-order valence-corrected chi connectivity index (χ2v) is 4.35. The number of likely N-dealkylation sites (N-methyl/N-ethyl adjacent to an activating group) is 1. The Kier molecular flexibility index (Phi) is 5.47. The largest absolute Gasteiger partial charge is 0.389 e. The Morgan fingerprint density at radius 1 is 1.53 bits per heavy atom. The minimum absolute atomic E-state index is 0.0869. The molecule has 94 valence electrons. The van der Waals surface area contributed by atoms with Gasteiger partial charge < -0.3 is 10.5 Å². The van der Waals surface area contributed by atoms with Gasteiger partial charge in [-0.3, -0.25) is 4.90 Å². The Hall–Kier alpha value is -1.04. The molecule has 1 aromatic carbocycles. The first kappa shape index (κ1) is 14.0. The van der Waals surface area contributed by atoms with Gasteiger partial charge in [0.15, 0.2) is 0 Å². The number of nitrogens with zero attached hydrogens (tertiary/aromatic N) is 1. The molecule has 0 amide bonds. The van der Waals surface area contributed by atoms with Crippen molar-refractivity contribution < 1.29 is 9.13 Å². The van der Waals surface area contributed by atoms with Gasteiger partial charge in [-0.05, 0) is 24.7 Å². The molecule has 0 radical (unpaired) electrons. The van der Waals surface area contributed by atoms with Gasteiger partial charge in [-0.15, -0.1) is 0 Å². The molecule has 2 N–H and O–H groups in total. The summed E-state index contributed by atoms with van der Waals surface area (Å²) < 4.78 is 18.3. The van der Waals surface area contributed by atoms with E-state index >= 15 is 0 Å². The van der Waals surface area contributed by atoms with Gasteiger partial charge in [0.25, 0.3) is 0 Å². The Labute approximate surface area is 106 Å². The molecule has 0 aliphatic heterocycles. The number of ether oxygens (including phenoxy) is 1. The Balaban J connectivity index is 2.72. The monoisotopic (exact) mass is 256 g/mol. The smallest absolute Gasteiger partial charge is 0.133 e. The Bertz CT molecular complexity index is 398. The summed E-state index contributed by atoms with van der Waals surface area (Å²) in [7, 11) is 3.64. The van der Waals surface area contributed by atoms with E-state index in [0.717, 1.165) is 12.1 Å². The highest BCUT2D eigenvalue weighted by Gasteiger charge is 2.07. The number of thiocarbonyl (C=S) groups is 1. The summed E-state index contributed by atoms with van der Waals surface area (Å²) in [5.41, 5.74) is 6.74. The quantitative estimate of drug-likeness (QED) is 0.784. The summed E-state index contributed by atoms with van der Waals surface area (Å²) in [5, 5.41) is 0. The molecule has 1 rings (SSSR count). The van der Waals surface area contributed by atoms with E-state index in [1.54, 1.807) is 19.2 Å². The average Bonchev–Trinajstić information content (AvgIpc) is 2.28. The molecule has 0 spiro atoms. The molecule has 0 bridgehead atoms. The van der Waals surface area contributed by atoms with E-state index in [4.69, 9.17) is 22.7 Å². The number of nitrogens with two attached hydrogens (primary N) is 1. The summed E-state index contributed by atoms with van der Waals surface area (Å²) >= 11 is 4.80. The van der Waals surface area contributed by atoms with Crippen LogP contribution in [0.3, 0.4) is 0 Å². The highest BCUT2D eigenvalue weighted by Crippen LogP contribution is 2.12. The highest BCUT2D eigenvalue weighted by atomic mass is 32.1. The third kappa shape index (κ3) is 4.38. The Morgan fingerprint density at radius 3 is 2.82 bits per heavy atom. The van der Waals surface area contributed by atoms with Crippen molar-refractivity contribution in [3.05, 3.63) is 35.1 Å². The van der Waals surface area contributed by atoms with Gasteiger partial charge in [-0.2, -0.15) is 0 Å². The minimum Gasteiger partial charge on any atom is -0.389 e. The number of methoxy groups -OCH3 is 1. The highest BCUT2D eigenvalue weighted by molar-refractivity contribution is 7.80. The lowest BCUT2D eigenvalue weighted by molar-refractivity contribution is 0.158. The number of benzene rings is 1. The van der Waals surface area contributed by atoms with Crippen LogP contribution in [0, 0.1) is 5.82 Å². The molecule has 0 aromatic heterocycles. The van der Waals surface area contributed by atoms with Crippen LogP contribution < -0.4 is 5.73 Å². The molecule has 0 unspecified atom stereocenters. The van der Waals surface area contributed by atoms with Crippen molar-refractivity contribution in [2.24, 2.45) is 5.73 Å². The maximum Gasteiger partial charge on any atom is 0.133 e. The zero-order chi connectivity index (χ0) is 12.8. The van der Waals surface area contributed by atoms with E-state index < -0.39 is 0 Å². The molecule has 0 fully saturated rings. The summed E-state index contributed by atoms with van der Waals surface area (Å²) in [5.74, 6) is -0.374. The van der Waals surface area contributed by atoms with Crippen LogP contribution in [-0.4, -0.2) is 37.2 Å². The van der Waals surface area contributed by atoms with Crippen LogP contribution in [-0.2, 0) is 11.3 Å². The molecule has 0 saturated carbocycles. The molecular formula is C12H17FN2OS. The van der Waals surface area contributed by atoms with Gasteiger partial charge >= 0.3 is 0 Å². The molecule has 5 heteroatoms. The lowest BCUT2D eigenvalue weighted by atomic mass is 10.1. The second-order valence-electron chi connectivity index (χ2n) is 3.91. The van der Waals surface area contributed by atoms with Crippen molar-refractivity contribution in [3.63, 3.8) is 0 Å². The maximum atomic E-state index is 13.4. The van der Waals surface area contributed by atoms with Crippen molar-refractivity contribution in [1.29, 1.82) is 0 Å². The van der Waals surface area contributed by atoms with E-state index in [9.17, 15) is 4.39 Å². The SMILES string of the molecule is COCCN(C)Cc1ccc(F)c(C(N)=S)c1. The van der Waals surface area contributed by atoms with E-state index in [-0.39, 0.29) is 10.8 Å². The third-order valence-electron chi connectivity index (χ3n) is 2.43. The first-order chi connectivity index (χ1) is 8.04. The molecule has 0 aliphatic carbocycles. The first-order valence-corrected chi connectivity index (χ1v) is 5.71. The summed E-state index contributed by atoms with van der Waals surface area (Å²) in [6, 6.07) is 4.83. The van der Waals surface area contributed by atoms with Crippen molar-refractivity contribution in [3.8, 4) is 0 Å². The summed E-state index contributed by atoms with van der Waals surface area (Å²) in [6.45, 7) is 2.19. The topological polar surface area (TPSA) is 38.5 Å². The molecule has 1 aromatic rings. The lowest BCUT2D eigenvalue weighted by Gasteiger charge is -2.16. The van der Waals surface area contributed by atoms with Crippen LogP contribution >= 0.6 is 12.2 Å². The molecule has 0 aliphatic rings. The fraction of sp³-hybridized carbons (Fsp3) is 0.417. The van der Waals surface area contributed by atoms with Crippen LogP contribution in [0.1, 0.15) is 11.1 Å². The van der Waals surface area contributed by atoms with Crippen molar-refractivity contribution in [2.45, 2.75) is 6.54 Å². The minimum atomic E-state index is -0.374. The van der Waals surface area contributed by atoms with Gasteiger partial charge in [-0.25, -0.2) is 4.39 Å². The molecule has 0 atom stereocenters. The van der Waals surface area contributed by atoms with Crippen LogP contribution in [0.5, 0.6) is 0 Å². The summed E-state index contributed by atoms with van der Waals surface area (Å²) in [4.78, 5) is 2.17. The molecular weight excluding hydrogens is 239 g/mol. The van der Waals surface area contributed by atoms with Crippen LogP contribution in [0.2, 0.25) is 0 Å². The number of hydrogen-bond donors (Lipinski definition) is 1. The number of hydrogen-bond acceptors (Lipinski definition) is 3. The molecule has 0 saturated heterocycles. The molecule has 3 nitrogen and oxygen atoms in total. The van der Waals surface area contributed by atoms with E-state index in [0.29, 0.717) is 18.7 Å². The first-order valence-electron chi connectivity index (χ1n) is 5.30. The van der Waals surface area contributed by atoms with Crippen molar-refractivity contribution in [2.75, 3.05) is 27.3 Å². The number of rotatable bonds is 6. The Morgan fingerprint density at radius 2 is 2.24 bits per heavy atom. The maximum absolute atomic E-state index is 13.4. The predicted molar refractivity (Wildman–Crippen MR) is 70.5 cm³/mol. The standard InChI is InChI=1S/C12H17FN2OS/c1-15(5-6-16-2)8-9-3-4-11(13)10(7-9)12(14)17/h3-4,7H,5-6,8H2,1-2H3,(H2,14,17). The zero-order valence-corrected chi connectivity index (χ0v) is 10.9. The zero-order valence-electron chi connectivity index (χ0n) is 10.1. The second kappa shape index (κ2) is 6.64. The summed E-state index contributed by atoms with van der Waals surface area (Å²) in [6.07, 6.45) is 0. The van der Waals surface area contributed by atoms with Gasteiger partial charge in [0.2, 0.25) is 0 Å². The van der Waals surface area contributed by atoms with E-state index in [2.05, 4.69) is 4.90 Å². The fourth-order valence-corrected chi connectivity index (χ4v) is 1.65. The molecule has 17 heavy (non-hydrogen) atoms. The fourth-order valence-electron chi connectivity index (χ4n) is 1.50. The lowest BCUT2D eigenvalue weighted by Crippen LogP contribution is -2.22. The predicted octanol–water partition coefficient (Wildman–Crippen LogP) is 1.54. The van der Waals surface area contributed by atoms with Crippen LogP contribution in [0.4, 0.5) is 4.39 Å². The van der Waals surface area contributed by atoms with E-state index in [1.165, 1.54) is 6.07 Å². The van der Waals surface area contributed by atoms with Crippen LogP contribution in [0.25, 0.3) is 0 Å². The van der Waals surface area contributed by atoms with Crippen molar-refractivity contribution in [1.82, 2.24) is 4.90 Å². The van der Waals surface area contributed by atoms with Gasteiger partial charge in [0, 0.05) is 25.8 Å². The van der Waals surface area contributed by atoms with Crippen molar-refractivity contribution >= 4 is 17.2 Å². The number of halogens is 1.